The van der Waals surface area contributed by atoms with E-state index in [1.807, 2.05) is 0 Å². The fourth-order valence-corrected chi connectivity index (χ4v) is 1.87. The van der Waals surface area contributed by atoms with Crippen LogP contribution >= 0.6 is 11.6 Å². The van der Waals surface area contributed by atoms with Gasteiger partial charge in [-0.2, -0.15) is 0 Å². The largest absolute Gasteiger partial charge is 0.367 e. The van der Waals surface area contributed by atoms with Crippen molar-refractivity contribution in [2.75, 3.05) is 20.6 Å². The summed E-state index contributed by atoms with van der Waals surface area (Å²) >= 11 is 5.90. The molecular weight excluding hydrogens is 266 g/mol. The van der Waals surface area contributed by atoms with Gasteiger partial charge in [0.15, 0.2) is 0 Å². The van der Waals surface area contributed by atoms with E-state index in [1.165, 1.54) is 0 Å². The Hall–Kier alpha value is -1.59. The predicted molar refractivity (Wildman–Crippen MR) is 74.7 cm³/mol. The van der Waals surface area contributed by atoms with Gasteiger partial charge in [0.2, 0.25) is 11.8 Å². The van der Waals surface area contributed by atoms with Crippen LogP contribution in [-0.2, 0) is 15.1 Å². The van der Waals surface area contributed by atoms with E-state index in [1.54, 1.807) is 50.2 Å². The fourth-order valence-electron chi connectivity index (χ4n) is 1.68. The summed E-state index contributed by atoms with van der Waals surface area (Å²) in [6, 6.07) is 6.71. The molecule has 104 valence electrons. The van der Waals surface area contributed by atoms with E-state index in [2.05, 4.69) is 5.32 Å². The maximum absolute atomic E-state index is 11.8. The van der Waals surface area contributed by atoms with Crippen molar-refractivity contribution >= 4 is 23.4 Å². The van der Waals surface area contributed by atoms with Crippen LogP contribution in [0, 0.1) is 0 Å². The maximum atomic E-state index is 11.8. The molecule has 6 heteroatoms. The number of carbonyl (C=O) groups excluding carboxylic acids is 2. The lowest BCUT2D eigenvalue weighted by Gasteiger charge is -2.28. The number of nitrogens with two attached hydrogens (primary N) is 1. The number of carbonyl (C=O) groups is 2. The van der Waals surface area contributed by atoms with Gasteiger partial charge in [-0.05, 0) is 38.7 Å². The van der Waals surface area contributed by atoms with E-state index in [-0.39, 0.29) is 12.5 Å². The lowest BCUT2D eigenvalue weighted by molar-refractivity contribution is -0.131. The van der Waals surface area contributed by atoms with Crippen molar-refractivity contribution in [1.82, 2.24) is 10.2 Å². The number of halogens is 1. The fraction of sp³-hybridized carbons (Fsp3) is 0.385. The number of rotatable bonds is 5. The summed E-state index contributed by atoms with van der Waals surface area (Å²) in [5.41, 5.74) is 4.70. The summed E-state index contributed by atoms with van der Waals surface area (Å²) in [5.74, 6) is -0.923. The van der Waals surface area contributed by atoms with Gasteiger partial charge in [0.05, 0.1) is 6.54 Å². The molecule has 1 aromatic rings. The van der Waals surface area contributed by atoms with Gasteiger partial charge < -0.3 is 16.0 Å². The van der Waals surface area contributed by atoms with Crippen LogP contribution in [0.4, 0.5) is 0 Å². The number of nitrogens with zero attached hydrogens (tertiary/aromatic N) is 1. The molecule has 0 heterocycles. The van der Waals surface area contributed by atoms with E-state index in [9.17, 15) is 9.59 Å². The molecule has 0 saturated carbocycles. The molecular formula is C13H18ClN3O2. The molecule has 0 fully saturated rings. The molecule has 0 bridgehead atoms. The standard InChI is InChI=1S/C13H18ClN3O2/c1-13(12(15)19,16-11(18)8-17(2)3)9-5-4-6-10(14)7-9/h4-7H,8H2,1-3H3,(H2,15,19)(H,16,18)/t13-/m0/s1. The van der Waals surface area contributed by atoms with Crippen molar-refractivity contribution in [3.05, 3.63) is 34.9 Å². The number of amides is 2. The summed E-state index contributed by atoms with van der Waals surface area (Å²) in [6.45, 7) is 1.73. The smallest absolute Gasteiger partial charge is 0.247 e. The van der Waals surface area contributed by atoms with Crippen molar-refractivity contribution in [2.24, 2.45) is 5.73 Å². The molecule has 0 aromatic heterocycles. The van der Waals surface area contributed by atoms with Crippen LogP contribution < -0.4 is 11.1 Å². The van der Waals surface area contributed by atoms with Gasteiger partial charge in [-0.25, -0.2) is 0 Å². The summed E-state index contributed by atoms with van der Waals surface area (Å²) in [7, 11) is 3.53. The van der Waals surface area contributed by atoms with Gasteiger partial charge in [0, 0.05) is 5.02 Å². The van der Waals surface area contributed by atoms with Crippen molar-refractivity contribution in [3.8, 4) is 0 Å². The molecule has 0 unspecified atom stereocenters. The van der Waals surface area contributed by atoms with E-state index in [0.717, 1.165) is 0 Å². The number of likely N-dealkylation sites (N-methyl/N-ethyl adjacent to an activating group) is 1. The Morgan fingerprint density at radius 2 is 2.05 bits per heavy atom. The van der Waals surface area contributed by atoms with Gasteiger partial charge in [0.25, 0.3) is 0 Å². The third-order valence-corrected chi connectivity index (χ3v) is 2.98. The second kappa shape index (κ2) is 6.04. The van der Waals surface area contributed by atoms with E-state index < -0.39 is 11.4 Å². The second-order valence-electron chi connectivity index (χ2n) is 4.79. The lowest BCUT2D eigenvalue weighted by Crippen LogP contribution is -2.54. The van der Waals surface area contributed by atoms with Crippen molar-refractivity contribution in [1.29, 1.82) is 0 Å². The van der Waals surface area contributed by atoms with E-state index in [0.29, 0.717) is 10.6 Å². The zero-order valence-electron chi connectivity index (χ0n) is 11.2. The third kappa shape index (κ3) is 3.94. The molecule has 19 heavy (non-hydrogen) atoms. The Bertz CT molecular complexity index is 491. The van der Waals surface area contributed by atoms with Gasteiger partial charge in [-0.3, -0.25) is 9.59 Å². The highest BCUT2D eigenvalue weighted by Crippen LogP contribution is 2.23. The number of nitrogens with one attached hydrogen (secondary N) is 1. The summed E-state index contributed by atoms with van der Waals surface area (Å²) in [4.78, 5) is 25.2. The lowest BCUT2D eigenvalue weighted by atomic mass is 9.91. The van der Waals surface area contributed by atoms with Gasteiger partial charge in [-0.15, -0.1) is 0 Å². The van der Waals surface area contributed by atoms with Gasteiger partial charge in [-0.1, -0.05) is 23.7 Å². The first-order valence-electron chi connectivity index (χ1n) is 5.77. The Morgan fingerprint density at radius 3 is 2.53 bits per heavy atom. The monoisotopic (exact) mass is 283 g/mol. The molecule has 0 spiro atoms. The van der Waals surface area contributed by atoms with Crippen LogP contribution in [0.2, 0.25) is 5.02 Å². The van der Waals surface area contributed by atoms with E-state index >= 15 is 0 Å². The minimum Gasteiger partial charge on any atom is -0.367 e. The summed E-state index contributed by atoms with van der Waals surface area (Å²) < 4.78 is 0. The van der Waals surface area contributed by atoms with E-state index in [4.69, 9.17) is 17.3 Å². The highest BCUT2D eigenvalue weighted by molar-refractivity contribution is 6.30. The Kier molecular flexibility index (Phi) is 4.91. The molecule has 2 amide bonds. The normalized spacial score (nSPS) is 13.9. The second-order valence-corrected chi connectivity index (χ2v) is 5.22. The summed E-state index contributed by atoms with van der Waals surface area (Å²) in [6.07, 6.45) is 0. The number of primary amides is 1. The van der Waals surface area contributed by atoms with Gasteiger partial charge >= 0.3 is 0 Å². The number of hydrogen-bond acceptors (Lipinski definition) is 3. The molecule has 5 nitrogen and oxygen atoms in total. The molecule has 3 N–H and O–H groups in total. The van der Waals surface area contributed by atoms with Crippen LogP contribution in [0.1, 0.15) is 12.5 Å². The molecule has 0 saturated heterocycles. The maximum Gasteiger partial charge on any atom is 0.247 e. The molecule has 0 aliphatic heterocycles. The minimum absolute atomic E-state index is 0.170. The van der Waals surface area contributed by atoms with Crippen molar-refractivity contribution < 1.29 is 9.59 Å². The minimum atomic E-state index is -1.28. The van der Waals surface area contributed by atoms with Crippen LogP contribution in [0.15, 0.2) is 24.3 Å². The molecule has 1 aromatic carbocycles. The first kappa shape index (κ1) is 15.5. The number of hydrogen-bond donors (Lipinski definition) is 2. The Labute approximate surface area is 117 Å². The molecule has 0 aliphatic rings. The van der Waals surface area contributed by atoms with Crippen LogP contribution in [-0.4, -0.2) is 37.4 Å². The van der Waals surface area contributed by atoms with Crippen LogP contribution in [0.3, 0.4) is 0 Å². The summed E-state index contributed by atoms with van der Waals surface area (Å²) in [5, 5.41) is 3.13. The SMILES string of the molecule is CN(C)CC(=O)N[C@](C)(C(N)=O)c1cccc(Cl)c1. The van der Waals surface area contributed by atoms with Crippen LogP contribution in [0.25, 0.3) is 0 Å². The first-order chi connectivity index (χ1) is 8.75. The Morgan fingerprint density at radius 1 is 1.42 bits per heavy atom. The molecule has 0 aliphatic carbocycles. The Balaban J connectivity index is 3.04. The zero-order valence-corrected chi connectivity index (χ0v) is 12.0. The molecule has 1 rings (SSSR count). The molecule has 1 atom stereocenters. The highest BCUT2D eigenvalue weighted by Gasteiger charge is 2.35. The van der Waals surface area contributed by atoms with Crippen LogP contribution in [0.5, 0.6) is 0 Å². The average Bonchev–Trinajstić information content (AvgIpc) is 2.27. The highest BCUT2D eigenvalue weighted by atomic mass is 35.5. The quantitative estimate of drug-likeness (QED) is 0.836. The zero-order chi connectivity index (χ0) is 14.6. The van der Waals surface area contributed by atoms with Crippen molar-refractivity contribution in [3.63, 3.8) is 0 Å². The molecule has 0 radical (unpaired) electrons. The predicted octanol–water partition coefficient (Wildman–Crippen LogP) is 0.718. The van der Waals surface area contributed by atoms with Gasteiger partial charge in [0.1, 0.15) is 5.54 Å². The first-order valence-corrected chi connectivity index (χ1v) is 6.15. The average molecular weight is 284 g/mol. The topological polar surface area (TPSA) is 75.4 Å². The number of benzene rings is 1. The third-order valence-electron chi connectivity index (χ3n) is 2.74. The van der Waals surface area contributed by atoms with Crippen molar-refractivity contribution in [2.45, 2.75) is 12.5 Å².